The van der Waals surface area contributed by atoms with Crippen LogP contribution >= 0.6 is 12.4 Å². The fourth-order valence-electron chi connectivity index (χ4n) is 3.91. The number of halogens is 1. The van der Waals surface area contributed by atoms with Crippen LogP contribution in [0.25, 0.3) is 0 Å². The quantitative estimate of drug-likeness (QED) is 0.835. The predicted molar refractivity (Wildman–Crippen MR) is 108 cm³/mol. The van der Waals surface area contributed by atoms with Crippen molar-refractivity contribution in [1.82, 2.24) is 20.1 Å². The van der Waals surface area contributed by atoms with Gasteiger partial charge in [0.05, 0.1) is 12.0 Å². The summed E-state index contributed by atoms with van der Waals surface area (Å²) in [6, 6.07) is 3.96. The molecule has 3 heterocycles. The lowest BCUT2D eigenvalue weighted by atomic mass is 9.90. The van der Waals surface area contributed by atoms with Crippen LogP contribution in [0.2, 0.25) is 0 Å². The SMILES string of the molecule is CC(C)(C)C(=O)N1CCCC(C(=O)N2CCNCC2c2cccnc2)C1.Cl. The molecule has 2 saturated heterocycles. The third kappa shape index (κ3) is 4.99. The minimum atomic E-state index is -0.405. The molecule has 1 N–H and O–H groups in total. The molecule has 0 aliphatic carbocycles. The molecule has 7 heteroatoms. The molecule has 2 amide bonds. The number of piperidine rings is 1. The van der Waals surface area contributed by atoms with Crippen LogP contribution < -0.4 is 5.32 Å². The molecule has 2 fully saturated rings. The number of rotatable bonds is 2. The van der Waals surface area contributed by atoms with Crippen molar-refractivity contribution >= 4 is 24.2 Å². The average molecular weight is 395 g/mol. The Bertz CT molecular complexity index is 647. The first-order valence-electron chi connectivity index (χ1n) is 9.58. The van der Waals surface area contributed by atoms with E-state index in [1.165, 1.54) is 0 Å². The Morgan fingerprint density at radius 2 is 2.04 bits per heavy atom. The zero-order chi connectivity index (χ0) is 18.7. The Morgan fingerprint density at radius 3 is 2.70 bits per heavy atom. The molecular weight excluding hydrogens is 364 g/mol. The highest BCUT2D eigenvalue weighted by Crippen LogP contribution is 2.28. The van der Waals surface area contributed by atoms with E-state index in [-0.39, 0.29) is 36.2 Å². The van der Waals surface area contributed by atoms with E-state index in [1.54, 1.807) is 6.20 Å². The Balaban J connectivity index is 0.00000261. The normalized spacial score (nSPS) is 23.5. The summed E-state index contributed by atoms with van der Waals surface area (Å²) in [5.41, 5.74) is 0.657. The zero-order valence-electron chi connectivity index (χ0n) is 16.5. The number of nitrogens with one attached hydrogen (secondary N) is 1. The van der Waals surface area contributed by atoms with Gasteiger partial charge in [0.15, 0.2) is 0 Å². The van der Waals surface area contributed by atoms with Gasteiger partial charge in [0.25, 0.3) is 0 Å². The second-order valence-corrected chi connectivity index (χ2v) is 8.38. The molecule has 0 bridgehead atoms. The van der Waals surface area contributed by atoms with Crippen molar-refractivity contribution in [3.05, 3.63) is 30.1 Å². The number of piperazine rings is 1. The number of carbonyl (C=O) groups excluding carboxylic acids is 2. The molecule has 3 rings (SSSR count). The van der Waals surface area contributed by atoms with E-state index >= 15 is 0 Å². The maximum absolute atomic E-state index is 13.3. The highest BCUT2D eigenvalue weighted by Gasteiger charge is 2.37. The van der Waals surface area contributed by atoms with Crippen LogP contribution in [0, 0.1) is 11.3 Å². The van der Waals surface area contributed by atoms with Crippen molar-refractivity contribution in [2.24, 2.45) is 11.3 Å². The lowest BCUT2D eigenvalue weighted by molar-refractivity contribution is -0.146. The second kappa shape index (κ2) is 9.02. The minimum absolute atomic E-state index is 0. The summed E-state index contributed by atoms with van der Waals surface area (Å²) in [4.78, 5) is 34.0. The third-order valence-electron chi connectivity index (χ3n) is 5.30. The van der Waals surface area contributed by atoms with Crippen molar-refractivity contribution in [1.29, 1.82) is 0 Å². The van der Waals surface area contributed by atoms with Crippen LogP contribution in [0.4, 0.5) is 0 Å². The number of hydrogen-bond donors (Lipinski definition) is 1. The Kier molecular flexibility index (Phi) is 7.23. The summed E-state index contributed by atoms with van der Waals surface area (Å²) in [5, 5.41) is 3.38. The van der Waals surface area contributed by atoms with Gasteiger partial charge in [0.2, 0.25) is 11.8 Å². The first kappa shape index (κ1) is 21.6. The number of hydrogen-bond acceptors (Lipinski definition) is 4. The maximum Gasteiger partial charge on any atom is 0.228 e. The van der Waals surface area contributed by atoms with Crippen molar-refractivity contribution in [2.45, 2.75) is 39.7 Å². The molecule has 2 unspecified atom stereocenters. The molecule has 0 spiro atoms. The van der Waals surface area contributed by atoms with Crippen molar-refractivity contribution in [3.63, 3.8) is 0 Å². The first-order valence-corrected chi connectivity index (χ1v) is 9.58. The maximum atomic E-state index is 13.3. The van der Waals surface area contributed by atoms with Gasteiger partial charge in [-0.15, -0.1) is 12.4 Å². The number of carbonyl (C=O) groups is 2. The highest BCUT2D eigenvalue weighted by atomic mass is 35.5. The fourth-order valence-corrected chi connectivity index (χ4v) is 3.91. The molecule has 0 aromatic carbocycles. The van der Waals surface area contributed by atoms with E-state index in [1.807, 2.05) is 48.9 Å². The predicted octanol–water partition coefficient (Wildman–Crippen LogP) is 2.26. The topological polar surface area (TPSA) is 65.5 Å². The number of nitrogens with zero attached hydrogens (tertiary/aromatic N) is 3. The Labute approximate surface area is 168 Å². The molecule has 1 aromatic heterocycles. The minimum Gasteiger partial charge on any atom is -0.341 e. The largest absolute Gasteiger partial charge is 0.341 e. The summed E-state index contributed by atoms with van der Waals surface area (Å²) in [5.74, 6) is 0.207. The van der Waals surface area contributed by atoms with Gasteiger partial charge in [-0.2, -0.15) is 0 Å². The first-order chi connectivity index (χ1) is 12.4. The molecule has 6 nitrogen and oxygen atoms in total. The fraction of sp³-hybridized carbons (Fsp3) is 0.650. The smallest absolute Gasteiger partial charge is 0.228 e. The number of aromatic nitrogens is 1. The molecule has 0 saturated carbocycles. The standard InChI is InChI=1S/C20H30N4O2.ClH/c1-20(2,3)19(26)23-10-5-7-16(14-23)18(25)24-11-9-22-13-17(24)15-6-4-8-21-12-15;/h4,6,8,12,16-17,22H,5,7,9-11,13-14H2,1-3H3;1H. The second-order valence-electron chi connectivity index (χ2n) is 8.38. The monoisotopic (exact) mass is 394 g/mol. The summed E-state index contributed by atoms with van der Waals surface area (Å²) in [6.07, 6.45) is 5.34. The van der Waals surface area contributed by atoms with Gasteiger partial charge in [-0.1, -0.05) is 26.8 Å². The lowest BCUT2D eigenvalue weighted by Crippen LogP contribution is -2.54. The van der Waals surface area contributed by atoms with Gasteiger partial charge >= 0.3 is 0 Å². The summed E-state index contributed by atoms with van der Waals surface area (Å²) >= 11 is 0. The average Bonchev–Trinajstić information content (AvgIpc) is 2.67. The summed E-state index contributed by atoms with van der Waals surface area (Å²) in [7, 11) is 0. The van der Waals surface area contributed by atoms with Crippen molar-refractivity contribution in [3.8, 4) is 0 Å². The van der Waals surface area contributed by atoms with Crippen molar-refractivity contribution in [2.75, 3.05) is 32.7 Å². The van der Waals surface area contributed by atoms with Crippen LogP contribution in [0.1, 0.15) is 45.2 Å². The van der Waals surface area contributed by atoms with Crippen LogP contribution in [-0.4, -0.2) is 59.3 Å². The molecule has 2 aliphatic rings. The van der Waals surface area contributed by atoms with E-state index in [9.17, 15) is 9.59 Å². The molecule has 27 heavy (non-hydrogen) atoms. The van der Waals surface area contributed by atoms with E-state index in [0.717, 1.165) is 38.0 Å². The van der Waals surface area contributed by atoms with E-state index < -0.39 is 5.41 Å². The van der Waals surface area contributed by atoms with Gasteiger partial charge < -0.3 is 15.1 Å². The van der Waals surface area contributed by atoms with E-state index in [2.05, 4.69) is 10.3 Å². The molecule has 1 aromatic rings. The lowest BCUT2D eigenvalue weighted by Gasteiger charge is -2.41. The molecular formula is C20H31ClN4O2. The number of amides is 2. The van der Waals surface area contributed by atoms with Crippen molar-refractivity contribution < 1.29 is 9.59 Å². The number of pyridine rings is 1. The Morgan fingerprint density at radius 1 is 1.26 bits per heavy atom. The van der Waals surface area contributed by atoms with Gasteiger partial charge in [0, 0.05) is 50.5 Å². The highest BCUT2D eigenvalue weighted by molar-refractivity contribution is 5.85. The third-order valence-corrected chi connectivity index (χ3v) is 5.30. The van der Waals surface area contributed by atoms with Crippen LogP contribution in [0.3, 0.4) is 0 Å². The Hall–Kier alpha value is -1.66. The van der Waals surface area contributed by atoms with Gasteiger partial charge in [-0.05, 0) is 24.5 Å². The van der Waals surface area contributed by atoms with Gasteiger partial charge in [0.1, 0.15) is 0 Å². The molecule has 150 valence electrons. The van der Waals surface area contributed by atoms with Crippen LogP contribution in [0.15, 0.2) is 24.5 Å². The molecule has 0 radical (unpaired) electrons. The number of likely N-dealkylation sites (tertiary alicyclic amines) is 1. The van der Waals surface area contributed by atoms with Gasteiger partial charge in [-0.3, -0.25) is 14.6 Å². The van der Waals surface area contributed by atoms with Crippen LogP contribution in [0.5, 0.6) is 0 Å². The van der Waals surface area contributed by atoms with Gasteiger partial charge in [-0.25, -0.2) is 0 Å². The molecule has 2 atom stereocenters. The molecule has 2 aliphatic heterocycles. The van der Waals surface area contributed by atoms with Crippen LogP contribution in [-0.2, 0) is 9.59 Å². The van der Waals surface area contributed by atoms with E-state index in [0.29, 0.717) is 13.1 Å². The summed E-state index contributed by atoms with van der Waals surface area (Å²) < 4.78 is 0. The van der Waals surface area contributed by atoms with E-state index in [4.69, 9.17) is 0 Å². The zero-order valence-corrected chi connectivity index (χ0v) is 17.3. The summed E-state index contributed by atoms with van der Waals surface area (Å²) in [6.45, 7) is 9.36.